The van der Waals surface area contributed by atoms with Gasteiger partial charge in [0.15, 0.2) is 0 Å². The Hall–Kier alpha value is -1.35. The van der Waals surface area contributed by atoms with Gasteiger partial charge in [-0.25, -0.2) is 0 Å². The molecule has 0 aliphatic heterocycles. The maximum atomic E-state index is 11.9. The molecule has 1 aromatic carbocycles. The van der Waals surface area contributed by atoms with Gasteiger partial charge in [0, 0.05) is 18.7 Å². The Morgan fingerprint density at radius 2 is 2.00 bits per heavy atom. The SMILES string of the molecule is CCc1ccccc1C(=O)NCCCCCO. The zero-order valence-corrected chi connectivity index (χ0v) is 10.4. The van der Waals surface area contributed by atoms with Gasteiger partial charge in [0.1, 0.15) is 0 Å². The number of rotatable bonds is 7. The molecular formula is C14H21NO2. The summed E-state index contributed by atoms with van der Waals surface area (Å²) in [7, 11) is 0. The van der Waals surface area contributed by atoms with E-state index in [4.69, 9.17) is 5.11 Å². The van der Waals surface area contributed by atoms with Crippen molar-refractivity contribution >= 4 is 5.91 Å². The number of amides is 1. The number of benzene rings is 1. The van der Waals surface area contributed by atoms with Gasteiger partial charge in [-0.1, -0.05) is 25.1 Å². The van der Waals surface area contributed by atoms with E-state index in [-0.39, 0.29) is 12.5 Å². The zero-order valence-electron chi connectivity index (χ0n) is 10.4. The van der Waals surface area contributed by atoms with Crippen molar-refractivity contribution in [2.75, 3.05) is 13.2 Å². The molecule has 0 unspecified atom stereocenters. The number of hydrogen-bond donors (Lipinski definition) is 2. The maximum Gasteiger partial charge on any atom is 0.251 e. The molecule has 1 rings (SSSR count). The second-order valence-corrected chi connectivity index (χ2v) is 4.05. The second kappa shape index (κ2) is 7.85. The normalized spacial score (nSPS) is 10.2. The number of unbranched alkanes of at least 4 members (excludes halogenated alkanes) is 2. The Kier molecular flexibility index (Phi) is 6.33. The molecule has 1 amide bonds. The molecule has 3 heteroatoms. The van der Waals surface area contributed by atoms with E-state index in [1.54, 1.807) is 0 Å². The molecule has 0 aromatic heterocycles. The molecule has 1 aromatic rings. The van der Waals surface area contributed by atoms with E-state index < -0.39 is 0 Å². The molecule has 3 nitrogen and oxygen atoms in total. The Bertz CT molecular complexity index is 350. The van der Waals surface area contributed by atoms with E-state index in [1.165, 1.54) is 0 Å². The smallest absolute Gasteiger partial charge is 0.251 e. The Morgan fingerprint density at radius 3 is 2.71 bits per heavy atom. The molecule has 0 radical (unpaired) electrons. The minimum atomic E-state index is 0.00597. The van der Waals surface area contributed by atoms with Crippen LogP contribution in [0, 0.1) is 0 Å². The van der Waals surface area contributed by atoms with Gasteiger partial charge < -0.3 is 10.4 Å². The first-order valence-corrected chi connectivity index (χ1v) is 6.26. The Balaban J connectivity index is 2.41. The van der Waals surface area contributed by atoms with Crippen LogP contribution in [0.4, 0.5) is 0 Å². The fraction of sp³-hybridized carbons (Fsp3) is 0.500. The largest absolute Gasteiger partial charge is 0.396 e. The molecule has 0 bridgehead atoms. The summed E-state index contributed by atoms with van der Waals surface area (Å²) in [5, 5.41) is 11.5. The van der Waals surface area contributed by atoms with Crippen molar-refractivity contribution in [1.82, 2.24) is 5.32 Å². The van der Waals surface area contributed by atoms with Crippen molar-refractivity contribution < 1.29 is 9.90 Å². The summed E-state index contributed by atoms with van der Waals surface area (Å²) in [4.78, 5) is 11.9. The van der Waals surface area contributed by atoms with Gasteiger partial charge in [0.2, 0.25) is 0 Å². The summed E-state index contributed by atoms with van der Waals surface area (Å²) in [5.74, 6) is 0.00597. The van der Waals surface area contributed by atoms with Crippen molar-refractivity contribution in [2.45, 2.75) is 32.6 Å². The number of hydrogen-bond acceptors (Lipinski definition) is 2. The van der Waals surface area contributed by atoms with Crippen molar-refractivity contribution in [1.29, 1.82) is 0 Å². The van der Waals surface area contributed by atoms with Crippen molar-refractivity contribution in [2.24, 2.45) is 0 Å². The van der Waals surface area contributed by atoms with Gasteiger partial charge in [-0.2, -0.15) is 0 Å². The lowest BCUT2D eigenvalue weighted by Crippen LogP contribution is -2.25. The summed E-state index contributed by atoms with van der Waals surface area (Å²) >= 11 is 0. The third-order valence-electron chi connectivity index (χ3n) is 2.76. The van der Waals surface area contributed by atoms with Crippen LogP contribution in [0.1, 0.15) is 42.1 Å². The molecular weight excluding hydrogens is 214 g/mol. The zero-order chi connectivity index (χ0) is 12.5. The molecule has 0 fully saturated rings. The molecule has 0 atom stereocenters. The van der Waals surface area contributed by atoms with Crippen LogP contribution in [0.25, 0.3) is 0 Å². The van der Waals surface area contributed by atoms with Crippen LogP contribution in [-0.2, 0) is 6.42 Å². The van der Waals surface area contributed by atoms with Crippen LogP contribution in [-0.4, -0.2) is 24.2 Å². The molecule has 17 heavy (non-hydrogen) atoms. The highest BCUT2D eigenvalue weighted by Gasteiger charge is 2.08. The van der Waals surface area contributed by atoms with Gasteiger partial charge in [-0.3, -0.25) is 4.79 Å². The first-order chi connectivity index (χ1) is 8.29. The van der Waals surface area contributed by atoms with E-state index in [1.807, 2.05) is 31.2 Å². The van der Waals surface area contributed by atoms with E-state index in [0.29, 0.717) is 6.54 Å². The molecule has 0 saturated heterocycles. The average Bonchev–Trinajstić information content (AvgIpc) is 2.38. The van der Waals surface area contributed by atoms with Crippen molar-refractivity contribution in [3.05, 3.63) is 35.4 Å². The van der Waals surface area contributed by atoms with Crippen LogP contribution in [0.2, 0.25) is 0 Å². The van der Waals surface area contributed by atoms with Gasteiger partial charge >= 0.3 is 0 Å². The molecule has 0 saturated carbocycles. The Morgan fingerprint density at radius 1 is 1.24 bits per heavy atom. The highest BCUT2D eigenvalue weighted by molar-refractivity contribution is 5.95. The van der Waals surface area contributed by atoms with Crippen LogP contribution >= 0.6 is 0 Å². The number of aliphatic hydroxyl groups excluding tert-OH is 1. The van der Waals surface area contributed by atoms with Crippen LogP contribution < -0.4 is 5.32 Å². The average molecular weight is 235 g/mol. The molecule has 0 spiro atoms. The third-order valence-corrected chi connectivity index (χ3v) is 2.76. The summed E-state index contributed by atoms with van der Waals surface area (Å²) < 4.78 is 0. The minimum absolute atomic E-state index is 0.00597. The maximum absolute atomic E-state index is 11.9. The fourth-order valence-electron chi connectivity index (χ4n) is 1.76. The highest BCUT2D eigenvalue weighted by atomic mass is 16.2. The van der Waals surface area contributed by atoms with Crippen LogP contribution in [0.5, 0.6) is 0 Å². The van der Waals surface area contributed by atoms with E-state index in [9.17, 15) is 4.79 Å². The third kappa shape index (κ3) is 4.57. The highest BCUT2D eigenvalue weighted by Crippen LogP contribution is 2.09. The topological polar surface area (TPSA) is 49.3 Å². The number of nitrogens with one attached hydrogen (secondary N) is 1. The fourth-order valence-corrected chi connectivity index (χ4v) is 1.76. The lowest BCUT2D eigenvalue weighted by Gasteiger charge is -2.08. The lowest BCUT2D eigenvalue weighted by atomic mass is 10.0. The number of aryl methyl sites for hydroxylation is 1. The standard InChI is InChI=1S/C14H21NO2/c1-2-12-8-4-5-9-13(12)14(17)15-10-6-3-7-11-16/h4-5,8-9,16H,2-3,6-7,10-11H2,1H3,(H,15,17). The monoisotopic (exact) mass is 235 g/mol. The molecule has 2 N–H and O–H groups in total. The van der Waals surface area contributed by atoms with Gasteiger partial charge in [-0.05, 0) is 37.3 Å². The van der Waals surface area contributed by atoms with Gasteiger partial charge in [-0.15, -0.1) is 0 Å². The second-order valence-electron chi connectivity index (χ2n) is 4.05. The predicted octanol–water partition coefficient (Wildman–Crippen LogP) is 2.14. The number of carbonyl (C=O) groups excluding carboxylic acids is 1. The van der Waals surface area contributed by atoms with Gasteiger partial charge in [0.25, 0.3) is 5.91 Å². The molecule has 0 aliphatic rings. The predicted molar refractivity (Wildman–Crippen MR) is 69.1 cm³/mol. The quantitative estimate of drug-likeness (QED) is 0.711. The molecule has 0 aliphatic carbocycles. The summed E-state index contributed by atoms with van der Waals surface area (Å²) in [5.41, 5.74) is 1.86. The minimum Gasteiger partial charge on any atom is -0.396 e. The summed E-state index contributed by atoms with van der Waals surface area (Å²) in [6.45, 7) is 2.96. The number of carbonyl (C=O) groups is 1. The Labute approximate surface area is 103 Å². The lowest BCUT2D eigenvalue weighted by molar-refractivity contribution is 0.0952. The summed E-state index contributed by atoms with van der Waals surface area (Å²) in [6.07, 6.45) is 3.54. The molecule has 94 valence electrons. The van der Waals surface area contributed by atoms with E-state index in [2.05, 4.69) is 5.32 Å². The van der Waals surface area contributed by atoms with Crippen molar-refractivity contribution in [3.63, 3.8) is 0 Å². The number of aliphatic hydroxyl groups is 1. The first-order valence-electron chi connectivity index (χ1n) is 6.26. The van der Waals surface area contributed by atoms with E-state index in [0.717, 1.165) is 36.8 Å². The van der Waals surface area contributed by atoms with Crippen molar-refractivity contribution in [3.8, 4) is 0 Å². The first kappa shape index (κ1) is 13.7. The van der Waals surface area contributed by atoms with Crippen LogP contribution in [0.15, 0.2) is 24.3 Å². The van der Waals surface area contributed by atoms with Crippen LogP contribution in [0.3, 0.4) is 0 Å². The summed E-state index contributed by atoms with van der Waals surface area (Å²) in [6, 6.07) is 7.69. The van der Waals surface area contributed by atoms with E-state index >= 15 is 0 Å². The molecule has 0 heterocycles. The van der Waals surface area contributed by atoms with Gasteiger partial charge in [0.05, 0.1) is 0 Å².